The van der Waals surface area contributed by atoms with Gasteiger partial charge in [-0.1, -0.05) is 36.4 Å². The maximum Gasteiger partial charge on any atom is 0.262 e. The molecule has 0 aliphatic rings. The predicted molar refractivity (Wildman–Crippen MR) is 118 cm³/mol. The monoisotopic (exact) mass is 386 g/mol. The highest BCUT2D eigenvalue weighted by molar-refractivity contribution is 6.11. The lowest BCUT2D eigenvalue weighted by Gasteiger charge is -2.13. The summed E-state index contributed by atoms with van der Waals surface area (Å²) in [6.07, 6.45) is 0. The zero-order valence-electron chi connectivity index (χ0n) is 16.6. The molecule has 3 aromatic carbocycles. The summed E-state index contributed by atoms with van der Waals surface area (Å²) in [7, 11) is 1.67. The molecule has 0 radical (unpaired) electrons. The molecular weight excluding hydrogens is 364 g/mol. The first-order valence-corrected chi connectivity index (χ1v) is 9.50. The van der Waals surface area contributed by atoms with Gasteiger partial charge in [0, 0.05) is 17.5 Å². The SMILES string of the molecule is CCn1c(N/N=C(/C)c2ccc(OC)c3ccccc23)nc2ccccc2c1=O. The maximum atomic E-state index is 12.8. The van der Waals surface area contributed by atoms with Crippen molar-refractivity contribution in [3.05, 3.63) is 76.6 Å². The molecule has 0 amide bonds. The Hall–Kier alpha value is -3.67. The van der Waals surface area contributed by atoms with Crippen molar-refractivity contribution in [2.45, 2.75) is 20.4 Å². The molecular formula is C23H22N4O2. The van der Waals surface area contributed by atoms with Gasteiger partial charge in [-0.25, -0.2) is 10.4 Å². The Morgan fingerprint density at radius 1 is 1.03 bits per heavy atom. The third-order valence-electron chi connectivity index (χ3n) is 5.00. The maximum absolute atomic E-state index is 12.8. The average Bonchev–Trinajstić information content (AvgIpc) is 2.76. The zero-order chi connectivity index (χ0) is 20.4. The van der Waals surface area contributed by atoms with Crippen LogP contribution in [-0.2, 0) is 6.54 Å². The van der Waals surface area contributed by atoms with Crippen molar-refractivity contribution < 1.29 is 4.74 Å². The number of nitrogens with zero attached hydrogens (tertiary/aromatic N) is 3. The van der Waals surface area contributed by atoms with Crippen molar-refractivity contribution in [2.24, 2.45) is 5.10 Å². The van der Waals surface area contributed by atoms with Crippen LogP contribution >= 0.6 is 0 Å². The van der Waals surface area contributed by atoms with E-state index in [-0.39, 0.29) is 5.56 Å². The number of rotatable bonds is 5. The Labute approximate surface area is 168 Å². The standard InChI is InChI=1S/C23H22N4O2/c1-4-27-22(28)19-11-7-8-12-20(19)24-23(27)26-25-15(2)16-13-14-21(29-3)18-10-6-5-9-17(16)18/h5-14H,4H2,1-3H3,(H,24,26)/b25-15-. The molecule has 0 saturated heterocycles. The highest BCUT2D eigenvalue weighted by Crippen LogP contribution is 2.28. The zero-order valence-corrected chi connectivity index (χ0v) is 16.6. The number of anilines is 1. The van der Waals surface area contributed by atoms with Crippen LogP contribution in [0.15, 0.2) is 70.6 Å². The largest absolute Gasteiger partial charge is 0.496 e. The summed E-state index contributed by atoms with van der Waals surface area (Å²) >= 11 is 0. The van der Waals surface area contributed by atoms with Crippen molar-refractivity contribution >= 4 is 33.3 Å². The minimum absolute atomic E-state index is 0.0802. The number of hydrazone groups is 1. The quantitative estimate of drug-likeness (QED) is 0.407. The Morgan fingerprint density at radius 2 is 1.72 bits per heavy atom. The van der Waals surface area contributed by atoms with Gasteiger partial charge in [0.1, 0.15) is 5.75 Å². The molecule has 0 bridgehead atoms. The Kier molecular flexibility index (Phi) is 4.99. The number of nitrogens with one attached hydrogen (secondary N) is 1. The van der Waals surface area contributed by atoms with Gasteiger partial charge in [-0.3, -0.25) is 9.36 Å². The van der Waals surface area contributed by atoms with E-state index in [9.17, 15) is 4.79 Å². The number of ether oxygens (including phenoxy) is 1. The minimum Gasteiger partial charge on any atom is -0.496 e. The van der Waals surface area contributed by atoms with E-state index in [2.05, 4.69) is 15.5 Å². The third-order valence-corrected chi connectivity index (χ3v) is 5.00. The molecule has 1 heterocycles. The van der Waals surface area contributed by atoms with Gasteiger partial charge in [0.2, 0.25) is 5.95 Å². The van der Waals surface area contributed by atoms with Crippen LogP contribution in [0.1, 0.15) is 19.4 Å². The van der Waals surface area contributed by atoms with E-state index in [4.69, 9.17) is 4.74 Å². The Bertz CT molecular complexity index is 1290. The van der Waals surface area contributed by atoms with Crippen molar-refractivity contribution in [3.8, 4) is 5.75 Å². The molecule has 146 valence electrons. The van der Waals surface area contributed by atoms with Gasteiger partial charge in [0.15, 0.2) is 0 Å². The molecule has 6 nitrogen and oxygen atoms in total. The van der Waals surface area contributed by atoms with Crippen molar-refractivity contribution in [1.82, 2.24) is 9.55 Å². The van der Waals surface area contributed by atoms with Crippen LogP contribution in [0.3, 0.4) is 0 Å². The number of fused-ring (bicyclic) bond motifs is 2. The number of methoxy groups -OCH3 is 1. The highest BCUT2D eigenvalue weighted by atomic mass is 16.5. The normalized spacial score (nSPS) is 11.8. The summed E-state index contributed by atoms with van der Waals surface area (Å²) < 4.78 is 7.06. The van der Waals surface area contributed by atoms with Crippen molar-refractivity contribution in [3.63, 3.8) is 0 Å². The van der Waals surface area contributed by atoms with E-state index in [0.29, 0.717) is 23.4 Å². The molecule has 1 aromatic heterocycles. The van der Waals surface area contributed by atoms with Crippen LogP contribution in [-0.4, -0.2) is 22.4 Å². The second-order valence-electron chi connectivity index (χ2n) is 6.67. The van der Waals surface area contributed by atoms with Gasteiger partial charge in [-0.15, -0.1) is 0 Å². The molecule has 0 saturated carbocycles. The summed E-state index contributed by atoms with van der Waals surface area (Å²) in [5.41, 5.74) is 5.34. The van der Waals surface area contributed by atoms with E-state index in [1.54, 1.807) is 17.7 Å². The van der Waals surface area contributed by atoms with Gasteiger partial charge in [-0.2, -0.15) is 5.10 Å². The topological polar surface area (TPSA) is 68.5 Å². The van der Waals surface area contributed by atoms with Gasteiger partial charge in [0.05, 0.1) is 23.7 Å². The molecule has 0 fully saturated rings. The molecule has 0 aliphatic heterocycles. The van der Waals surface area contributed by atoms with Crippen LogP contribution < -0.4 is 15.7 Å². The van der Waals surface area contributed by atoms with E-state index in [0.717, 1.165) is 27.8 Å². The van der Waals surface area contributed by atoms with Gasteiger partial charge >= 0.3 is 0 Å². The summed E-state index contributed by atoms with van der Waals surface area (Å²) in [4.78, 5) is 17.3. The molecule has 4 aromatic rings. The predicted octanol–water partition coefficient (Wildman–Crippen LogP) is 4.41. The number of hydrogen-bond donors (Lipinski definition) is 1. The van der Waals surface area contributed by atoms with Gasteiger partial charge < -0.3 is 4.74 Å². The molecule has 6 heteroatoms. The number of hydrogen-bond acceptors (Lipinski definition) is 5. The first-order chi connectivity index (χ1) is 14.1. The second-order valence-corrected chi connectivity index (χ2v) is 6.67. The van der Waals surface area contributed by atoms with Crippen LogP contribution in [0, 0.1) is 0 Å². The fourth-order valence-corrected chi connectivity index (χ4v) is 3.51. The van der Waals surface area contributed by atoms with Crippen molar-refractivity contribution in [1.29, 1.82) is 0 Å². The Balaban J connectivity index is 1.77. The van der Waals surface area contributed by atoms with Crippen LogP contribution in [0.2, 0.25) is 0 Å². The molecule has 0 unspecified atom stereocenters. The number of benzene rings is 3. The smallest absolute Gasteiger partial charge is 0.262 e. The van der Waals surface area contributed by atoms with E-state index < -0.39 is 0 Å². The highest BCUT2D eigenvalue weighted by Gasteiger charge is 2.11. The minimum atomic E-state index is -0.0802. The molecule has 0 atom stereocenters. The second kappa shape index (κ2) is 7.75. The third kappa shape index (κ3) is 3.33. The lowest BCUT2D eigenvalue weighted by molar-refractivity contribution is 0.420. The Morgan fingerprint density at radius 3 is 2.45 bits per heavy atom. The van der Waals surface area contributed by atoms with E-state index in [1.165, 1.54) is 0 Å². The summed E-state index contributed by atoms with van der Waals surface area (Å²) in [6.45, 7) is 4.34. The first-order valence-electron chi connectivity index (χ1n) is 9.50. The summed E-state index contributed by atoms with van der Waals surface area (Å²) in [5, 5.41) is 7.20. The number of aromatic nitrogens is 2. The van der Waals surface area contributed by atoms with Gasteiger partial charge in [0.25, 0.3) is 5.56 Å². The van der Waals surface area contributed by atoms with Crippen LogP contribution in [0.5, 0.6) is 5.75 Å². The van der Waals surface area contributed by atoms with E-state index in [1.807, 2.05) is 68.4 Å². The molecule has 29 heavy (non-hydrogen) atoms. The van der Waals surface area contributed by atoms with Gasteiger partial charge in [-0.05, 0) is 43.5 Å². The molecule has 1 N–H and O–H groups in total. The fraction of sp³-hybridized carbons (Fsp3) is 0.174. The summed E-state index contributed by atoms with van der Waals surface area (Å²) in [6, 6.07) is 19.3. The molecule has 0 aliphatic carbocycles. The molecule has 0 spiro atoms. The lowest BCUT2D eigenvalue weighted by atomic mass is 10.0. The van der Waals surface area contributed by atoms with Crippen LogP contribution in [0.4, 0.5) is 5.95 Å². The fourth-order valence-electron chi connectivity index (χ4n) is 3.51. The molecule has 4 rings (SSSR count). The lowest BCUT2D eigenvalue weighted by Crippen LogP contribution is -2.23. The first kappa shape index (κ1) is 18.7. The average molecular weight is 386 g/mol. The van der Waals surface area contributed by atoms with E-state index >= 15 is 0 Å². The number of para-hydroxylation sites is 1. The van der Waals surface area contributed by atoms with Crippen LogP contribution in [0.25, 0.3) is 21.7 Å². The summed E-state index contributed by atoms with van der Waals surface area (Å²) in [5.74, 6) is 1.24. The van der Waals surface area contributed by atoms with Crippen molar-refractivity contribution in [2.75, 3.05) is 12.5 Å².